The van der Waals surface area contributed by atoms with Gasteiger partial charge in [0.05, 0.1) is 11.9 Å². The summed E-state index contributed by atoms with van der Waals surface area (Å²) in [5.74, 6) is 0.515. The lowest BCUT2D eigenvalue weighted by atomic mass is 9.91. The van der Waals surface area contributed by atoms with Crippen molar-refractivity contribution in [3.63, 3.8) is 0 Å². The molecule has 3 saturated heterocycles. The number of ether oxygens (including phenoxy) is 1. The third kappa shape index (κ3) is 3.94. The van der Waals surface area contributed by atoms with Crippen LogP contribution in [0.4, 0.5) is 0 Å². The topological polar surface area (TPSA) is 66.9 Å². The molecule has 0 bridgehead atoms. The summed E-state index contributed by atoms with van der Waals surface area (Å²) < 4.78 is 31.7. The average Bonchev–Trinajstić information content (AvgIpc) is 2.94. The summed E-state index contributed by atoms with van der Waals surface area (Å²) in [4.78, 5) is 14.8. The molecular weight excluding hydrogens is 328 g/mol. The Morgan fingerprint density at radius 3 is 2.75 bits per heavy atom. The van der Waals surface area contributed by atoms with Gasteiger partial charge in [0.15, 0.2) is 0 Å². The van der Waals surface area contributed by atoms with Crippen LogP contribution in [0, 0.1) is 5.92 Å². The number of hydrogen-bond donors (Lipinski definition) is 0. The number of carbonyl (C=O) groups is 1. The van der Waals surface area contributed by atoms with Crippen LogP contribution in [0.2, 0.25) is 0 Å². The van der Waals surface area contributed by atoms with Crippen molar-refractivity contribution < 1.29 is 17.9 Å². The van der Waals surface area contributed by atoms with E-state index in [2.05, 4.69) is 6.92 Å². The number of carbonyl (C=O) groups excluding carboxylic acids is 1. The number of sulfonamides is 1. The lowest BCUT2D eigenvalue weighted by Crippen LogP contribution is -2.52. The Morgan fingerprint density at radius 2 is 2.04 bits per heavy atom. The van der Waals surface area contributed by atoms with Gasteiger partial charge in [-0.2, -0.15) is 4.31 Å². The van der Waals surface area contributed by atoms with Gasteiger partial charge in [0, 0.05) is 38.2 Å². The molecule has 0 aromatic rings. The van der Waals surface area contributed by atoms with Gasteiger partial charge in [0.25, 0.3) is 0 Å². The predicted octanol–water partition coefficient (Wildman–Crippen LogP) is 1.61. The predicted molar refractivity (Wildman–Crippen MR) is 92.1 cm³/mol. The maximum Gasteiger partial charge on any atom is 0.225 e. The third-order valence-corrected chi connectivity index (χ3v) is 7.58. The van der Waals surface area contributed by atoms with Crippen molar-refractivity contribution in [2.24, 2.45) is 5.92 Å². The summed E-state index contributed by atoms with van der Waals surface area (Å²) in [5.41, 5.74) is 0. The highest BCUT2D eigenvalue weighted by atomic mass is 32.2. The molecule has 3 atom stereocenters. The fraction of sp³-hybridized carbons (Fsp3) is 0.941. The molecular formula is C17H30N2O4S. The Hall–Kier alpha value is -0.660. The minimum absolute atomic E-state index is 0.0264. The van der Waals surface area contributed by atoms with E-state index in [9.17, 15) is 13.2 Å². The van der Waals surface area contributed by atoms with Crippen molar-refractivity contribution in [2.45, 2.75) is 64.0 Å². The van der Waals surface area contributed by atoms with Crippen molar-refractivity contribution in [1.29, 1.82) is 0 Å². The largest absolute Gasteiger partial charge is 0.378 e. The summed E-state index contributed by atoms with van der Waals surface area (Å²) in [5, 5.41) is 0. The van der Waals surface area contributed by atoms with Gasteiger partial charge in [-0.3, -0.25) is 4.79 Å². The summed E-state index contributed by atoms with van der Waals surface area (Å²) in [6.07, 6.45) is 6.38. The highest BCUT2D eigenvalue weighted by molar-refractivity contribution is 7.89. The second-order valence-electron chi connectivity index (χ2n) is 7.36. The summed E-state index contributed by atoms with van der Waals surface area (Å²) in [7, 11) is -3.10. The maximum atomic E-state index is 12.9. The number of rotatable bonds is 4. The summed E-state index contributed by atoms with van der Waals surface area (Å²) >= 11 is 0. The van der Waals surface area contributed by atoms with Crippen molar-refractivity contribution in [3.8, 4) is 0 Å². The molecule has 7 heteroatoms. The second-order valence-corrected chi connectivity index (χ2v) is 9.40. The Balaban J connectivity index is 1.61. The Morgan fingerprint density at radius 1 is 1.21 bits per heavy atom. The van der Waals surface area contributed by atoms with Gasteiger partial charge in [0.2, 0.25) is 15.9 Å². The van der Waals surface area contributed by atoms with Gasteiger partial charge in [-0.25, -0.2) is 8.42 Å². The Labute approximate surface area is 145 Å². The van der Waals surface area contributed by atoms with Crippen molar-refractivity contribution in [1.82, 2.24) is 9.21 Å². The van der Waals surface area contributed by atoms with E-state index in [1.165, 1.54) is 0 Å². The molecule has 3 heterocycles. The molecule has 6 nitrogen and oxygen atoms in total. The van der Waals surface area contributed by atoms with E-state index in [1.807, 2.05) is 4.90 Å². The van der Waals surface area contributed by atoms with Gasteiger partial charge in [0.1, 0.15) is 0 Å². The molecule has 0 N–H and O–H groups in total. The minimum atomic E-state index is -3.10. The van der Waals surface area contributed by atoms with Crippen molar-refractivity contribution in [3.05, 3.63) is 0 Å². The first-order valence-corrected chi connectivity index (χ1v) is 11.0. The fourth-order valence-electron chi connectivity index (χ4n) is 4.34. The van der Waals surface area contributed by atoms with Crippen LogP contribution >= 0.6 is 0 Å². The zero-order valence-corrected chi connectivity index (χ0v) is 15.5. The molecule has 3 fully saturated rings. The first-order valence-electron chi connectivity index (χ1n) is 9.41. The molecule has 24 heavy (non-hydrogen) atoms. The molecule has 0 aromatic carbocycles. The molecule has 0 spiro atoms. The Kier molecular flexibility index (Phi) is 5.82. The van der Waals surface area contributed by atoms with Gasteiger partial charge in [-0.05, 0) is 38.5 Å². The number of hydrogen-bond acceptors (Lipinski definition) is 4. The van der Waals surface area contributed by atoms with Crippen LogP contribution in [0.3, 0.4) is 0 Å². The van der Waals surface area contributed by atoms with Gasteiger partial charge < -0.3 is 9.64 Å². The SMILES string of the molecule is CCCC1CC(C(=O)N2CCCC(N3CCCS3(=O)=O)C2)CCO1. The van der Waals surface area contributed by atoms with E-state index in [0.29, 0.717) is 26.1 Å². The smallest absolute Gasteiger partial charge is 0.225 e. The number of piperidine rings is 1. The Bertz CT molecular complexity index is 549. The minimum Gasteiger partial charge on any atom is -0.378 e. The molecule has 0 aromatic heterocycles. The molecule has 3 aliphatic heterocycles. The van der Waals surface area contributed by atoms with Crippen molar-refractivity contribution in [2.75, 3.05) is 32.0 Å². The van der Waals surface area contributed by atoms with E-state index in [1.54, 1.807) is 4.31 Å². The number of likely N-dealkylation sites (tertiary alicyclic amines) is 1. The lowest BCUT2D eigenvalue weighted by molar-refractivity contribution is -0.142. The van der Waals surface area contributed by atoms with Crippen LogP contribution < -0.4 is 0 Å². The molecule has 0 radical (unpaired) electrons. The average molecular weight is 359 g/mol. The van der Waals surface area contributed by atoms with Crippen LogP contribution in [0.25, 0.3) is 0 Å². The van der Waals surface area contributed by atoms with Crippen LogP contribution in [0.15, 0.2) is 0 Å². The van der Waals surface area contributed by atoms with E-state index < -0.39 is 10.0 Å². The van der Waals surface area contributed by atoms with Crippen LogP contribution in [-0.4, -0.2) is 67.7 Å². The van der Waals surface area contributed by atoms with Crippen LogP contribution in [0.1, 0.15) is 51.9 Å². The summed E-state index contributed by atoms with van der Waals surface area (Å²) in [6, 6.07) is -0.0264. The van der Waals surface area contributed by atoms with E-state index in [0.717, 1.165) is 45.1 Å². The van der Waals surface area contributed by atoms with Gasteiger partial charge in [-0.1, -0.05) is 13.3 Å². The monoisotopic (exact) mass is 358 g/mol. The first-order chi connectivity index (χ1) is 11.5. The highest BCUT2D eigenvalue weighted by Gasteiger charge is 2.39. The van der Waals surface area contributed by atoms with E-state index in [4.69, 9.17) is 4.74 Å². The van der Waals surface area contributed by atoms with Gasteiger partial charge >= 0.3 is 0 Å². The van der Waals surface area contributed by atoms with E-state index >= 15 is 0 Å². The highest BCUT2D eigenvalue weighted by Crippen LogP contribution is 2.28. The number of amides is 1. The molecule has 3 aliphatic rings. The molecule has 0 saturated carbocycles. The normalized spacial score (nSPS) is 34.4. The molecule has 1 amide bonds. The standard InChI is InChI=1S/C17H30N2O4S/c1-2-5-16-12-14(7-10-23-16)17(20)18-8-3-6-15(13-18)19-9-4-11-24(19,21)22/h14-16H,2-13H2,1H3. The fourth-order valence-corrected chi connectivity index (χ4v) is 6.11. The lowest BCUT2D eigenvalue weighted by Gasteiger charge is -2.39. The zero-order valence-electron chi connectivity index (χ0n) is 14.7. The number of nitrogens with zero attached hydrogens (tertiary/aromatic N) is 2. The van der Waals surface area contributed by atoms with E-state index in [-0.39, 0.29) is 29.7 Å². The molecule has 3 unspecified atom stereocenters. The second kappa shape index (κ2) is 7.70. The molecule has 138 valence electrons. The quantitative estimate of drug-likeness (QED) is 0.766. The van der Waals surface area contributed by atoms with Crippen molar-refractivity contribution >= 4 is 15.9 Å². The third-order valence-electron chi connectivity index (χ3n) is 5.58. The van der Waals surface area contributed by atoms with Crippen LogP contribution in [-0.2, 0) is 19.6 Å². The van der Waals surface area contributed by atoms with Gasteiger partial charge in [-0.15, -0.1) is 0 Å². The van der Waals surface area contributed by atoms with Crippen LogP contribution in [0.5, 0.6) is 0 Å². The zero-order chi connectivity index (χ0) is 17.2. The first kappa shape index (κ1) is 18.1. The maximum absolute atomic E-state index is 12.9. The summed E-state index contributed by atoms with van der Waals surface area (Å²) in [6.45, 7) is 4.75. The molecule has 3 rings (SSSR count). The molecule has 0 aliphatic carbocycles.